The summed E-state index contributed by atoms with van der Waals surface area (Å²) in [5.74, 6) is -0.961. The van der Waals surface area contributed by atoms with E-state index in [-0.39, 0.29) is 36.9 Å². The highest BCUT2D eigenvalue weighted by molar-refractivity contribution is 6.05. The largest absolute Gasteiger partial charge is 0.331 e. The van der Waals surface area contributed by atoms with Crippen LogP contribution in [0.1, 0.15) is 40.7 Å². The molecule has 1 fully saturated rings. The van der Waals surface area contributed by atoms with Gasteiger partial charge in [0.2, 0.25) is 11.8 Å². The topological polar surface area (TPSA) is 98.8 Å². The summed E-state index contributed by atoms with van der Waals surface area (Å²) in [7, 11) is 1.73. The van der Waals surface area contributed by atoms with Crippen molar-refractivity contribution in [3.63, 3.8) is 0 Å². The Kier molecular flexibility index (Phi) is 5.65. The predicted octanol–water partition coefficient (Wildman–Crippen LogP) is 0.623. The van der Waals surface area contributed by atoms with Crippen LogP contribution in [0.15, 0.2) is 42.5 Å². The van der Waals surface area contributed by atoms with Crippen molar-refractivity contribution in [1.82, 2.24) is 20.4 Å². The average molecular weight is 459 g/mol. The molecule has 5 rings (SSSR count). The van der Waals surface area contributed by atoms with Crippen molar-refractivity contribution < 1.29 is 19.2 Å². The first-order valence-electron chi connectivity index (χ1n) is 11.4. The number of rotatable bonds is 4. The summed E-state index contributed by atoms with van der Waals surface area (Å²) < 4.78 is 0. The fourth-order valence-corrected chi connectivity index (χ4v) is 4.88. The van der Waals surface area contributed by atoms with Crippen molar-refractivity contribution in [3.05, 3.63) is 69.6 Å². The number of hydrogen-bond donors (Lipinski definition) is 2. The molecular weight excluding hydrogens is 432 g/mol. The van der Waals surface area contributed by atoms with Crippen molar-refractivity contribution in [1.29, 1.82) is 0 Å². The summed E-state index contributed by atoms with van der Waals surface area (Å²) in [4.78, 5) is 52.9. The molecule has 174 valence electrons. The molecule has 2 N–H and O–H groups in total. The Morgan fingerprint density at radius 3 is 2.71 bits per heavy atom. The van der Waals surface area contributed by atoms with Crippen LogP contribution < -0.4 is 21.1 Å². The Morgan fingerprint density at radius 1 is 1.12 bits per heavy atom. The van der Waals surface area contributed by atoms with E-state index >= 15 is 0 Å². The number of carbonyl (C=O) groups excluding carboxylic acids is 4. The average Bonchev–Trinajstić information content (AvgIpc) is 3.16. The lowest BCUT2D eigenvalue weighted by Gasteiger charge is -2.29. The van der Waals surface area contributed by atoms with Crippen LogP contribution >= 0.6 is 0 Å². The minimum Gasteiger partial charge on any atom is -0.331 e. The standard InChI is InChI=1S/C26H26N4O4/c1-29(26(34)27-19-10-9-16-5-2-3-6-17(16)13-19)14-18-7-4-8-20-21(18)15-30(25(20)33)22-11-12-23(31)28-24(22)32/h2-9,13,19,22H,10-12,14-15H2,1H3,(H,27,34)(H,28,31,32). The first kappa shape index (κ1) is 21.9. The molecule has 0 spiro atoms. The second-order valence-electron chi connectivity index (χ2n) is 8.99. The van der Waals surface area contributed by atoms with Gasteiger partial charge in [-0.1, -0.05) is 48.6 Å². The number of benzene rings is 2. The predicted molar refractivity (Wildman–Crippen MR) is 126 cm³/mol. The number of imide groups is 1. The Bertz CT molecular complexity index is 1320. The molecule has 0 saturated carbocycles. The maximum Gasteiger partial charge on any atom is 0.317 e. The molecule has 1 saturated heterocycles. The highest BCUT2D eigenvalue weighted by Gasteiger charge is 2.39. The van der Waals surface area contributed by atoms with Gasteiger partial charge in [-0.15, -0.1) is 0 Å². The number of nitrogens with one attached hydrogen (secondary N) is 2. The second-order valence-corrected chi connectivity index (χ2v) is 8.99. The van der Waals surface area contributed by atoms with Gasteiger partial charge in [0.05, 0.1) is 6.04 Å². The minimum atomic E-state index is -0.660. The summed E-state index contributed by atoms with van der Waals surface area (Å²) in [5, 5.41) is 7.67. The van der Waals surface area contributed by atoms with Gasteiger partial charge in [0, 0.05) is 32.1 Å². The molecule has 2 heterocycles. The number of amides is 5. The summed E-state index contributed by atoms with van der Waals surface area (Å²) in [6, 6.07) is 12.6. The Balaban J connectivity index is 1.28. The molecule has 34 heavy (non-hydrogen) atoms. The maximum absolute atomic E-state index is 13.0. The van der Waals surface area contributed by atoms with Gasteiger partial charge in [0.25, 0.3) is 5.91 Å². The van der Waals surface area contributed by atoms with E-state index in [0.29, 0.717) is 18.5 Å². The molecule has 2 unspecified atom stereocenters. The van der Waals surface area contributed by atoms with Crippen LogP contribution in [0.4, 0.5) is 4.79 Å². The van der Waals surface area contributed by atoms with Crippen molar-refractivity contribution >= 4 is 35.9 Å². The van der Waals surface area contributed by atoms with E-state index in [1.807, 2.05) is 24.3 Å². The molecule has 0 aromatic heterocycles. The van der Waals surface area contributed by atoms with Crippen LogP contribution in [0.5, 0.6) is 0 Å². The number of fused-ring (bicyclic) bond motifs is 2. The second kappa shape index (κ2) is 8.78. The lowest BCUT2D eigenvalue weighted by molar-refractivity contribution is -0.136. The lowest BCUT2D eigenvalue weighted by atomic mass is 10.0. The molecule has 2 aromatic rings. The van der Waals surface area contributed by atoms with Gasteiger partial charge < -0.3 is 15.1 Å². The normalized spacial score (nSPS) is 21.1. The van der Waals surface area contributed by atoms with E-state index in [1.165, 1.54) is 10.1 Å². The highest BCUT2D eigenvalue weighted by Crippen LogP contribution is 2.30. The summed E-state index contributed by atoms with van der Waals surface area (Å²) in [5.41, 5.74) is 2.23. The Morgan fingerprint density at radius 2 is 1.91 bits per heavy atom. The molecule has 1 aliphatic carbocycles. The van der Waals surface area contributed by atoms with Gasteiger partial charge in [-0.05, 0) is 40.5 Å². The van der Waals surface area contributed by atoms with Gasteiger partial charge in [-0.3, -0.25) is 19.7 Å². The van der Waals surface area contributed by atoms with E-state index in [0.717, 1.165) is 22.8 Å². The molecule has 8 nitrogen and oxygen atoms in total. The van der Waals surface area contributed by atoms with Crippen LogP contribution in [0.2, 0.25) is 0 Å². The van der Waals surface area contributed by atoms with E-state index in [4.69, 9.17) is 0 Å². The zero-order valence-electron chi connectivity index (χ0n) is 18.9. The summed E-state index contributed by atoms with van der Waals surface area (Å²) in [6.45, 7) is 0.618. The number of nitrogens with zero attached hydrogens (tertiary/aromatic N) is 2. The van der Waals surface area contributed by atoms with E-state index < -0.39 is 11.9 Å². The van der Waals surface area contributed by atoms with Crippen LogP contribution in [0, 0.1) is 0 Å². The van der Waals surface area contributed by atoms with Gasteiger partial charge in [0.15, 0.2) is 0 Å². The maximum atomic E-state index is 13.0. The fourth-order valence-electron chi connectivity index (χ4n) is 4.88. The Labute approximate surface area is 196 Å². The number of piperidine rings is 1. The molecule has 5 amide bonds. The van der Waals surface area contributed by atoms with Crippen LogP contribution in [0.25, 0.3) is 12.2 Å². The molecule has 0 bridgehead atoms. The SMILES string of the molecule is CN(Cc1cccc2c1CN(C1CCC(=O)NC1=O)C2=O)C(=O)NC1C=c2ccccc2=CC1. The third-order valence-corrected chi connectivity index (χ3v) is 6.71. The molecule has 2 aliphatic heterocycles. The quantitative estimate of drug-likeness (QED) is 0.657. The first-order chi connectivity index (χ1) is 16.4. The van der Waals surface area contributed by atoms with Crippen LogP contribution in [-0.2, 0) is 22.7 Å². The fraction of sp³-hybridized carbons (Fsp3) is 0.308. The zero-order chi connectivity index (χ0) is 23.8. The third kappa shape index (κ3) is 4.07. The number of carbonyl (C=O) groups is 4. The van der Waals surface area contributed by atoms with Gasteiger partial charge in [0.1, 0.15) is 6.04 Å². The minimum absolute atomic E-state index is 0.0871. The third-order valence-electron chi connectivity index (χ3n) is 6.71. The first-order valence-corrected chi connectivity index (χ1v) is 11.4. The number of hydrogen-bond acceptors (Lipinski definition) is 4. The summed E-state index contributed by atoms with van der Waals surface area (Å²) in [6.07, 6.45) is 5.45. The van der Waals surface area contributed by atoms with Gasteiger partial charge in [-0.25, -0.2) is 4.79 Å². The van der Waals surface area contributed by atoms with Crippen molar-refractivity contribution in [3.8, 4) is 0 Å². The van der Waals surface area contributed by atoms with E-state index in [1.54, 1.807) is 24.1 Å². The van der Waals surface area contributed by atoms with E-state index in [2.05, 4.69) is 28.9 Å². The molecule has 2 aromatic carbocycles. The van der Waals surface area contributed by atoms with E-state index in [9.17, 15) is 19.2 Å². The molecule has 0 radical (unpaired) electrons. The number of urea groups is 1. The highest BCUT2D eigenvalue weighted by atomic mass is 16.2. The van der Waals surface area contributed by atoms with Crippen molar-refractivity contribution in [2.75, 3.05) is 7.05 Å². The van der Waals surface area contributed by atoms with Crippen LogP contribution in [0.3, 0.4) is 0 Å². The van der Waals surface area contributed by atoms with Gasteiger partial charge in [-0.2, -0.15) is 0 Å². The van der Waals surface area contributed by atoms with Crippen molar-refractivity contribution in [2.45, 2.75) is 44.4 Å². The van der Waals surface area contributed by atoms with Crippen molar-refractivity contribution in [2.24, 2.45) is 0 Å². The monoisotopic (exact) mass is 458 g/mol. The summed E-state index contributed by atoms with van der Waals surface area (Å²) >= 11 is 0. The molecule has 8 heteroatoms. The smallest absolute Gasteiger partial charge is 0.317 e. The molecular formula is C26H26N4O4. The molecule has 2 atom stereocenters. The van der Waals surface area contributed by atoms with Crippen LogP contribution in [-0.4, -0.2) is 52.7 Å². The Hall–Kier alpha value is -3.94. The zero-order valence-corrected chi connectivity index (χ0v) is 18.9. The lowest BCUT2D eigenvalue weighted by Crippen LogP contribution is -2.52. The van der Waals surface area contributed by atoms with Gasteiger partial charge >= 0.3 is 6.03 Å². The molecule has 3 aliphatic rings.